The van der Waals surface area contributed by atoms with Gasteiger partial charge in [-0.05, 0) is 94.2 Å². The molecule has 0 radical (unpaired) electrons. The van der Waals surface area contributed by atoms with Gasteiger partial charge in [-0.3, -0.25) is 4.79 Å². The van der Waals surface area contributed by atoms with E-state index in [1.165, 1.54) is 0 Å². The molecular weight excluding hydrogens is 616 g/mol. The van der Waals surface area contributed by atoms with Crippen molar-refractivity contribution < 1.29 is 39.5 Å². The highest BCUT2D eigenvalue weighted by Gasteiger charge is 2.55. The Morgan fingerprint density at radius 3 is 2.35 bits per heavy atom. The van der Waals surface area contributed by atoms with Gasteiger partial charge in [-0.2, -0.15) is 0 Å². The smallest absolute Gasteiger partial charge is 0.339 e. The molecule has 10 atom stereocenters. The molecule has 0 amide bonds. The van der Waals surface area contributed by atoms with Crippen LogP contribution in [-0.2, 0) is 20.7 Å². The van der Waals surface area contributed by atoms with Crippen LogP contribution in [0, 0.1) is 30.6 Å². The second-order valence-corrected chi connectivity index (χ2v) is 14.2. The van der Waals surface area contributed by atoms with E-state index >= 15 is 0 Å². The van der Waals surface area contributed by atoms with Crippen LogP contribution in [0.3, 0.4) is 0 Å². The molecule has 10 unspecified atom stereocenters. The number of benzene rings is 1. The van der Waals surface area contributed by atoms with E-state index < -0.39 is 29.2 Å². The summed E-state index contributed by atoms with van der Waals surface area (Å²) in [6.45, 7) is 15.4. The standard InChI is InChI=1S/C34H53BrO8/c1-9-23(31-20(6)17-34(11-3,43-31)26-14-15-33(41,10-2)22(8)42-26)30(38)21(7)28(36)18(4)12-13-24-25(35)16-19(5)29(37)27(24)32(39)40/h16,18,20-23,26,28,31,36-37,41H,9-15,17H2,1-8H3,(H,39,40). The van der Waals surface area contributed by atoms with E-state index in [0.29, 0.717) is 54.1 Å². The SMILES string of the molecule is CCC(C(=O)C(C)C(O)C(C)CCc1c(Br)cc(C)c(O)c1C(=O)O)C1OC(CC)(C2CCC(O)(CC)C(C)O2)CC1C. The van der Waals surface area contributed by atoms with Gasteiger partial charge in [0.1, 0.15) is 17.1 Å². The Morgan fingerprint density at radius 1 is 1.16 bits per heavy atom. The lowest BCUT2D eigenvalue weighted by molar-refractivity contribution is -0.229. The molecule has 0 aliphatic carbocycles. The molecule has 244 valence electrons. The lowest BCUT2D eigenvalue weighted by Gasteiger charge is -2.47. The molecule has 2 aliphatic heterocycles. The number of hydrogen-bond acceptors (Lipinski definition) is 7. The molecule has 4 N–H and O–H groups in total. The lowest BCUT2D eigenvalue weighted by atomic mass is 9.76. The summed E-state index contributed by atoms with van der Waals surface area (Å²) in [6, 6.07) is 1.69. The van der Waals surface area contributed by atoms with Crippen LogP contribution < -0.4 is 0 Å². The maximum absolute atomic E-state index is 13.9. The number of aromatic carboxylic acids is 1. The van der Waals surface area contributed by atoms with Gasteiger partial charge < -0.3 is 29.9 Å². The van der Waals surface area contributed by atoms with Gasteiger partial charge in [-0.15, -0.1) is 0 Å². The fraction of sp³-hybridized carbons (Fsp3) is 0.765. The molecule has 3 rings (SSSR count). The van der Waals surface area contributed by atoms with E-state index in [1.807, 2.05) is 27.7 Å². The first-order valence-electron chi connectivity index (χ1n) is 16.1. The Kier molecular flexibility index (Phi) is 11.9. The van der Waals surface area contributed by atoms with Gasteiger partial charge in [-0.25, -0.2) is 4.79 Å². The van der Waals surface area contributed by atoms with Gasteiger partial charge in [-0.1, -0.05) is 57.5 Å². The summed E-state index contributed by atoms with van der Waals surface area (Å²) in [5.74, 6) is -2.66. The normalized spacial score (nSPS) is 32.3. The minimum absolute atomic E-state index is 0.0238. The Balaban J connectivity index is 1.71. The summed E-state index contributed by atoms with van der Waals surface area (Å²) in [6.07, 6.45) is 3.20. The second-order valence-electron chi connectivity index (χ2n) is 13.3. The van der Waals surface area contributed by atoms with Crippen molar-refractivity contribution in [3.05, 3.63) is 27.2 Å². The third-order valence-corrected chi connectivity index (χ3v) is 11.4. The molecule has 0 bridgehead atoms. The van der Waals surface area contributed by atoms with Gasteiger partial charge in [0.2, 0.25) is 0 Å². The number of aromatic hydroxyl groups is 1. The van der Waals surface area contributed by atoms with Crippen LogP contribution >= 0.6 is 15.9 Å². The van der Waals surface area contributed by atoms with E-state index in [9.17, 15) is 30.0 Å². The van der Waals surface area contributed by atoms with E-state index in [1.54, 1.807) is 19.9 Å². The van der Waals surface area contributed by atoms with Crippen LogP contribution in [0.15, 0.2) is 10.5 Å². The molecule has 2 fully saturated rings. The van der Waals surface area contributed by atoms with Crippen molar-refractivity contribution >= 4 is 27.7 Å². The number of Topliss-reactive ketones (excluding diaryl/α,β-unsaturated/α-hetero) is 1. The van der Waals surface area contributed by atoms with Crippen molar-refractivity contribution in [1.82, 2.24) is 0 Å². The quantitative estimate of drug-likeness (QED) is 0.185. The summed E-state index contributed by atoms with van der Waals surface area (Å²) >= 11 is 3.44. The minimum atomic E-state index is -1.21. The fourth-order valence-corrected chi connectivity index (χ4v) is 8.27. The first kappa shape index (κ1) is 36.0. The van der Waals surface area contributed by atoms with E-state index in [4.69, 9.17) is 9.47 Å². The topological polar surface area (TPSA) is 134 Å². The molecular formula is C34H53BrO8. The number of ketones is 1. The maximum Gasteiger partial charge on any atom is 0.339 e. The Bertz CT molecular complexity index is 1160. The fourth-order valence-electron chi connectivity index (χ4n) is 7.53. The summed E-state index contributed by atoms with van der Waals surface area (Å²) in [5, 5.41) is 42.3. The average molecular weight is 670 g/mol. The van der Waals surface area contributed by atoms with Crippen molar-refractivity contribution in [1.29, 1.82) is 0 Å². The number of aryl methyl sites for hydroxylation is 1. The van der Waals surface area contributed by atoms with Crippen LogP contribution in [0.4, 0.5) is 0 Å². The number of aliphatic hydroxyl groups excluding tert-OH is 1. The van der Waals surface area contributed by atoms with Crippen molar-refractivity contribution in [2.24, 2.45) is 23.7 Å². The van der Waals surface area contributed by atoms with Crippen LogP contribution in [0.25, 0.3) is 0 Å². The number of carboxylic acids is 1. The van der Waals surface area contributed by atoms with E-state index in [2.05, 4.69) is 29.8 Å². The third kappa shape index (κ3) is 7.16. The number of phenols is 1. The summed E-state index contributed by atoms with van der Waals surface area (Å²) in [5.41, 5.74) is -0.546. The molecule has 1 aromatic rings. The maximum atomic E-state index is 13.9. The highest BCUT2D eigenvalue weighted by atomic mass is 79.9. The number of carbonyl (C=O) groups is 2. The molecule has 0 aromatic heterocycles. The molecule has 0 saturated carbocycles. The van der Waals surface area contributed by atoms with Crippen LogP contribution in [-0.4, -0.2) is 67.8 Å². The predicted octanol–water partition coefficient (Wildman–Crippen LogP) is 6.60. The first-order valence-corrected chi connectivity index (χ1v) is 16.9. The minimum Gasteiger partial charge on any atom is -0.507 e. The van der Waals surface area contributed by atoms with Gasteiger partial charge in [0.05, 0.1) is 35.6 Å². The molecule has 1 aromatic carbocycles. The van der Waals surface area contributed by atoms with Crippen LogP contribution in [0.1, 0.15) is 115 Å². The summed E-state index contributed by atoms with van der Waals surface area (Å²) < 4.78 is 13.9. The molecule has 2 saturated heterocycles. The monoisotopic (exact) mass is 668 g/mol. The van der Waals surface area contributed by atoms with Crippen LogP contribution in [0.5, 0.6) is 5.75 Å². The first-order chi connectivity index (χ1) is 20.1. The third-order valence-electron chi connectivity index (χ3n) is 10.7. The summed E-state index contributed by atoms with van der Waals surface area (Å²) in [4.78, 5) is 25.8. The molecule has 2 heterocycles. The van der Waals surface area contributed by atoms with Gasteiger partial charge in [0, 0.05) is 16.3 Å². The van der Waals surface area contributed by atoms with Gasteiger partial charge in [0.15, 0.2) is 0 Å². The highest BCUT2D eigenvalue weighted by molar-refractivity contribution is 9.10. The number of carboxylic acid groups (broad SMARTS) is 1. The number of rotatable bonds is 13. The highest BCUT2D eigenvalue weighted by Crippen LogP contribution is 2.48. The molecule has 2 aliphatic rings. The zero-order valence-electron chi connectivity index (χ0n) is 27.2. The van der Waals surface area contributed by atoms with Gasteiger partial charge >= 0.3 is 5.97 Å². The van der Waals surface area contributed by atoms with Crippen molar-refractivity contribution in [2.75, 3.05) is 0 Å². The van der Waals surface area contributed by atoms with Gasteiger partial charge in [0.25, 0.3) is 0 Å². The number of halogens is 1. The molecule has 0 spiro atoms. The molecule has 8 nitrogen and oxygen atoms in total. The number of carbonyl (C=O) groups excluding carboxylic acids is 1. The zero-order chi connectivity index (χ0) is 32.4. The van der Waals surface area contributed by atoms with E-state index in [0.717, 1.165) is 12.8 Å². The van der Waals surface area contributed by atoms with E-state index in [-0.39, 0.29) is 53.2 Å². The number of aliphatic hydroxyl groups is 2. The zero-order valence-corrected chi connectivity index (χ0v) is 28.7. The Morgan fingerprint density at radius 2 is 1.81 bits per heavy atom. The predicted molar refractivity (Wildman–Crippen MR) is 169 cm³/mol. The molecule has 43 heavy (non-hydrogen) atoms. The number of ether oxygens (including phenoxy) is 2. The van der Waals surface area contributed by atoms with Crippen molar-refractivity contribution in [3.8, 4) is 5.75 Å². The van der Waals surface area contributed by atoms with Crippen molar-refractivity contribution in [2.45, 2.75) is 142 Å². The summed E-state index contributed by atoms with van der Waals surface area (Å²) in [7, 11) is 0. The lowest BCUT2D eigenvalue weighted by Crippen LogP contribution is -2.55. The van der Waals surface area contributed by atoms with Crippen molar-refractivity contribution in [3.63, 3.8) is 0 Å². The largest absolute Gasteiger partial charge is 0.507 e. The average Bonchev–Trinajstić information content (AvgIpc) is 3.31. The van der Waals surface area contributed by atoms with Crippen LogP contribution in [0.2, 0.25) is 0 Å². The Hall–Kier alpha value is -1.52. The Labute approximate surface area is 265 Å². The molecule has 9 heteroatoms. The number of hydrogen-bond donors (Lipinski definition) is 4. The second kappa shape index (κ2) is 14.3.